The zero-order valence-electron chi connectivity index (χ0n) is 14.4. The lowest BCUT2D eigenvalue weighted by Crippen LogP contribution is -2.33. The van der Waals surface area contributed by atoms with Crippen molar-refractivity contribution in [3.05, 3.63) is 53.2 Å². The van der Waals surface area contributed by atoms with Crippen molar-refractivity contribution < 1.29 is 0 Å². The van der Waals surface area contributed by atoms with Crippen molar-refractivity contribution in [3.8, 4) is 11.3 Å². The van der Waals surface area contributed by atoms with Crippen LogP contribution in [0.5, 0.6) is 0 Å². The third kappa shape index (κ3) is 4.21. The fourth-order valence-electron chi connectivity index (χ4n) is 3.68. The Morgan fingerprint density at radius 3 is 2.72 bits per heavy atom. The van der Waals surface area contributed by atoms with Crippen molar-refractivity contribution >= 4 is 11.6 Å². The molecule has 0 radical (unpaired) electrons. The molecule has 3 atom stereocenters. The fourth-order valence-corrected chi connectivity index (χ4v) is 3.80. The van der Waals surface area contributed by atoms with Gasteiger partial charge in [-0.3, -0.25) is 4.98 Å². The van der Waals surface area contributed by atoms with Crippen molar-refractivity contribution in [3.63, 3.8) is 0 Å². The minimum Gasteiger partial charge on any atom is -0.326 e. The smallest absolute Gasteiger partial charge is 0.0702 e. The molecule has 2 heterocycles. The molecule has 25 heavy (non-hydrogen) atoms. The third-order valence-corrected chi connectivity index (χ3v) is 5.54. The van der Waals surface area contributed by atoms with Gasteiger partial charge in [0.25, 0.3) is 0 Å². The second-order valence-electron chi connectivity index (χ2n) is 7.24. The Labute approximate surface area is 154 Å². The van der Waals surface area contributed by atoms with Gasteiger partial charge in [-0.2, -0.15) is 0 Å². The molecular formula is C20H25ClN4. The normalized spacial score (nSPS) is 26.1. The van der Waals surface area contributed by atoms with E-state index in [1.165, 1.54) is 12.0 Å². The molecule has 2 aliphatic rings. The quantitative estimate of drug-likeness (QED) is 0.835. The highest BCUT2D eigenvalue weighted by Crippen LogP contribution is 2.40. The molecule has 132 valence electrons. The van der Waals surface area contributed by atoms with Gasteiger partial charge in [0.1, 0.15) is 0 Å². The maximum absolute atomic E-state index is 5.95. The Balaban J connectivity index is 1.26. The average molecular weight is 357 g/mol. The van der Waals surface area contributed by atoms with E-state index in [9.17, 15) is 0 Å². The number of hydrogen-bond acceptors (Lipinski definition) is 4. The molecule has 1 aliphatic heterocycles. The van der Waals surface area contributed by atoms with E-state index in [1.807, 2.05) is 30.5 Å². The monoisotopic (exact) mass is 356 g/mol. The predicted octanol–water partition coefficient (Wildman–Crippen LogP) is 2.88. The molecule has 1 aromatic heterocycles. The van der Waals surface area contributed by atoms with Gasteiger partial charge in [-0.15, -0.1) is 0 Å². The number of benzene rings is 1. The number of nitrogens with two attached hydrogens (primary N) is 1. The lowest BCUT2D eigenvalue weighted by molar-refractivity contribution is 0.331. The summed E-state index contributed by atoms with van der Waals surface area (Å²) in [6, 6.07) is 13.1. The first-order valence-corrected chi connectivity index (χ1v) is 9.50. The van der Waals surface area contributed by atoms with Crippen LogP contribution < -0.4 is 11.1 Å². The van der Waals surface area contributed by atoms with Crippen LogP contribution in [-0.2, 0) is 0 Å². The van der Waals surface area contributed by atoms with E-state index < -0.39 is 0 Å². The zero-order chi connectivity index (χ0) is 17.2. The highest BCUT2D eigenvalue weighted by molar-refractivity contribution is 6.30. The molecule has 5 heteroatoms. The van der Waals surface area contributed by atoms with Crippen molar-refractivity contribution in [1.29, 1.82) is 0 Å². The van der Waals surface area contributed by atoms with Crippen LogP contribution in [0.3, 0.4) is 0 Å². The van der Waals surface area contributed by atoms with Gasteiger partial charge in [0.05, 0.1) is 5.69 Å². The maximum Gasteiger partial charge on any atom is 0.0702 e. The number of nitrogens with zero attached hydrogens (tertiary/aromatic N) is 2. The highest BCUT2D eigenvalue weighted by Gasteiger charge is 2.38. The van der Waals surface area contributed by atoms with Crippen LogP contribution in [-0.4, -0.2) is 48.1 Å². The first kappa shape index (κ1) is 17.0. The average Bonchev–Trinajstić information content (AvgIpc) is 3.28. The topological polar surface area (TPSA) is 54.2 Å². The van der Waals surface area contributed by atoms with Crippen LogP contribution in [0.15, 0.2) is 42.6 Å². The van der Waals surface area contributed by atoms with Crippen molar-refractivity contribution in [2.75, 3.05) is 26.2 Å². The van der Waals surface area contributed by atoms with Crippen molar-refractivity contribution in [2.24, 2.45) is 5.73 Å². The van der Waals surface area contributed by atoms with Gasteiger partial charge >= 0.3 is 0 Å². The Morgan fingerprint density at radius 1 is 1.20 bits per heavy atom. The summed E-state index contributed by atoms with van der Waals surface area (Å²) in [4.78, 5) is 7.09. The number of likely N-dealkylation sites (tertiary alicyclic amines) is 1. The number of pyridine rings is 1. The minimum atomic E-state index is 0.374. The molecule has 1 saturated heterocycles. The maximum atomic E-state index is 5.95. The van der Waals surface area contributed by atoms with Crippen molar-refractivity contribution in [1.82, 2.24) is 15.2 Å². The van der Waals surface area contributed by atoms with E-state index in [4.69, 9.17) is 17.3 Å². The summed E-state index contributed by atoms with van der Waals surface area (Å²) in [6.45, 7) is 4.34. The van der Waals surface area contributed by atoms with E-state index in [0.29, 0.717) is 18.0 Å². The number of hydrogen-bond donors (Lipinski definition) is 2. The molecule has 4 nitrogen and oxygen atoms in total. The third-order valence-electron chi connectivity index (χ3n) is 5.29. The summed E-state index contributed by atoms with van der Waals surface area (Å²) in [6.07, 6.45) is 4.37. The predicted molar refractivity (Wildman–Crippen MR) is 103 cm³/mol. The summed E-state index contributed by atoms with van der Waals surface area (Å²) in [5, 5.41) is 4.43. The summed E-state index contributed by atoms with van der Waals surface area (Å²) < 4.78 is 0. The fraction of sp³-hybridized carbons (Fsp3) is 0.450. The molecule has 0 spiro atoms. The molecule has 4 rings (SSSR count). The molecule has 2 aromatic rings. The van der Waals surface area contributed by atoms with Crippen LogP contribution in [0.25, 0.3) is 11.3 Å². The minimum absolute atomic E-state index is 0.374. The van der Waals surface area contributed by atoms with Gasteiger partial charge in [0, 0.05) is 54.4 Å². The van der Waals surface area contributed by atoms with Crippen LogP contribution in [0, 0.1) is 0 Å². The molecule has 1 saturated carbocycles. The molecule has 1 aromatic carbocycles. The van der Waals surface area contributed by atoms with Crippen LogP contribution in [0.2, 0.25) is 5.02 Å². The van der Waals surface area contributed by atoms with Crippen molar-refractivity contribution in [2.45, 2.75) is 30.8 Å². The van der Waals surface area contributed by atoms with E-state index >= 15 is 0 Å². The Hall–Kier alpha value is -1.46. The number of halogens is 1. The van der Waals surface area contributed by atoms with Gasteiger partial charge in [-0.1, -0.05) is 29.8 Å². The van der Waals surface area contributed by atoms with E-state index in [0.717, 1.165) is 48.9 Å². The molecule has 0 bridgehead atoms. The highest BCUT2D eigenvalue weighted by atomic mass is 35.5. The number of rotatable bonds is 6. The van der Waals surface area contributed by atoms with Crippen LogP contribution in [0.1, 0.15) is 24.3 Å². The standard InChI is InChI=1S/C20H25ClN4/c21-16-4-1-14(2-5-16)19-6-3-15(12-24-19)18-11-20(18)23-8-10-25-9-7-17(22)13-25/h1-6,12,17-18,20,23H,7-11,13,22H2. The first-order chi connectivity index (χ1) is 12.2. The van der Waals surface area contributed by atoms with E-state index in [-0.39, 0.29) is 0 Å². The summed E-state index contributed by atoms with van der Waals surface area (Å²) >= 11 is 5.94. The Kier molecular flexibility index (Phi) is 5.04. The van der Waals surface area contributed by atoms with E-state index in [1.54, 1.807) is 0 Å². The van der Waals surface area contributed by atoms with Gasteiger partial charge in [0.2, 0.25) is 0 Å². The molecule has 1 aliphatic carbocycles. The first-order valence-electron chi connectivity index (χ1n) is 9.12. The lowest BCUT2D eigenvalue weighted by Gasteiger charge is -2.15. The zero-order valence-corrected chi connectivity index (χ0v) is 15.1. The van der Waals surface area contributed by atoms with Gasteiger partial charge in [0.15, 0.2) is 0 Å². The summed E-state index contributed by atoms with van der Waals surface area (Å²) in [7, 11) is 0. The second-order valence-corrected chi connectivity index (χ2v) is 7.67. The Morgan fingerprint density at radius 2 is 2.04 bits per heavy atom. The largest absolute Gasteiger partial charge is 0.326 e. The van der Waals surface area contributed by atoms with Gasteiger partial charge < -0.3 is 16.0 Å². The summed E-state index contributed by atoms with van der Waals surface area (Å²) in [5.74, 6) is 0.604. The molecule has 0 amide bonds. The van der Waals surface area contributed by atoms with Crippen LogP contribution in [0.4, 0.5) is 0 Å². The SMILES string of the molecule is NC1CCN(CCNC2CC2c2ccc(-c3ccc(Cl)cc3)nc2)C1. The molecule has 3 unspecified atom stereocenters. The number of aromatic nitrogens is 1. The van der Waals surface area contributed by atoms with Gasteiger partial charge in [-0.05, 0) is 43.1 Å². The number of nitrogens with one attached hydrogen (secondary N) is 1. The van der Waals surface area contributed by atoms with Gasteiger partial charge in [-0.25, -0.2) is 0 Å². The second kappa shape index (κ2) is 7.42. The molecule has 2 fully saturated rings. The van der Waals surface area contributed by atoms with Crippen LogP contribution >= 0.6 is 11.6 Å². The Bertz CT molecular complexity index is 701. The lowest BCUT2D eigenvalue weighted by atomic mass is 10.1. The van der Waals surface area contributed by atoms with E-state index in [2.05, 4.69) is 27.3 Å². The summed E-state index contributed by atoms with van der Waals surface area (Å²) in [5.41, 5.74) is 9.38. The molecule has 3 N–H and O–H groups in total. The molecular weight excluding hydrogens is 332 g/mol.